The number of hydrogen-bond donors (Lipinski definition) is 2. The van der Waals surface area contributed by atoms with Crippen LogP contribution in [-0.4, -0.2) is 22.8 Å². The van der Waals surface area contributed by atoms with E-state index in [1.54, 1.807) is 49.4 Å². The summed E-state index contributed by atoms with van der Waals surface area (Å²) >= 11 is 0. The Hall–Kier alpha value is -4.20. The van der Waals surface area contributed by atoms with Crippen molar-refractivity contribution >= 4 is 28.9 Å². The van der Waals surface area contributed by atoms with Crippen molar-refractivity contribution < 1.29 is 19.2 Å². The molecule has 0 aliphatic carbocycles. The van der Waals surface area contributed by atoms with Crippen LogP contribution in [0.4, 0.5) is 17.1 Å². The second kappa shape index (κ2) is 9.53. The van der Waals surface area contributed by atoms with Crippen molar-refractivity contribution in [2.24, 2.45) is 0 Å². The summed E-state index contributed by atoms with van der Waals surface area (Å²) in [7, 11) is 0. The van der Waals surface area contributed by atoms with Crippen molar-refractivity contribution in [1.82, 2.24) is 0 Å². The maximum atomic E-state index is 12.4. The molecule has 0 bridgehead atoms. The quantitative estimate of drug-likeness (QED) is 0.431. The monoisotopic (exact) mass is 419 g/mol. The summed E-state index contributed by atoms with van der Waals surface area (Å²) in [5.41, 5.74) is 2.48. The Labute approximate surface area is 179 Å². The number of nitro groups is 1. The lowest BCUT2D eigenvalue weighted by atomic mass is 10.1. The highest BCUT2D eigenvalue weighted by Gasteiger charge is 2.16. The van der Waals surface area contributed by atoms with Gasteiger partial charge in [0.25, 0.3) is 17.5 Å². The fourth-order valence-electron chi connectivity index (χ4n) is 2.81. The maximum absolute atomic E-state index is 12.4. The summed E-state index contributed by atoms with van der Waals surface area (Å²) in [6.07, 6.45) is -0.820. The summed E-state index contributed by atoms with van der Waals surface area (Å²) < 4.78 is 5.55. The van der Waals surface area contributed by atoms with Crippen molar-refractivity contribution in [3.63, 3.8) is 0 Å². The van der Waals surface area contributed by atoms with E-state index < -0.39 is 11.0 Å². The molecule has 3 aromatic carbocycles. The summed E-state index contributed by atoms with van der Waals surface area (Å²) in [6, 6.07) is 19.5. The van der Waals surface area contributed by atoms with Gasteiger partial charge in [-0.3, -0.25) is 19.7 Å². The number of hydrogen-bond acceptors (Lipinski definition) is 5. The van der Waals surface area contributed by atoms with Crippen molar-refractivity contribution in [2.45, 2.75) is 20.0 Å². The molecule has 0 aliphatic rings. The standard InChI is InChI=1S/C23H21N3O5/c1-15-14-18(8-13-21(15)25-23(28)17-6-4-3-5-7-17)24-22(27)16(2)31-20-11-9-19(10-12-20)26(29)30/h3-14,16H,1-2H3,(H,24,27)(H,25,28). The Morgan fingerprint density at radius 2 is 1.65 bits per heavy atom. The molecule has 0 saturated carbocycles. The molecule has 158 valence electrons. The number of benzene rings is 3. The first-order chi connectivity index (χ1) is 14.8. The molecule has 1 unspecified atom stereocenters. The predicted molar refractivity (Wildman–Crippen MR) is 117 cm³/mol. The zero-order valence-corrected chi connectivity index (χ0v) is 17.0. The first-order valence-corrected chi connectivity index (χ1v) is 9.52. The minimum Gasteiger partial charge on any atom is -0.481 e. The predicted octanol–water partition coefficient (Wildman–Crippen LogP) is 4.56. The topological polar surface area (TPSA) is 111 Å². The van der Waals surface area contributed by atoms with E-state index in [2.05, 4.69) is 10.6 Å². The molecule has 0 aliphatic heterocycles. The maximum Gasteiger partial charge on any atom is 0.269 e. The molecular weight excluding hydrogens is 398 g/mol. The summed E-state index contributed by atoms with van der Waals surface area (Å²) in [5, 5.41) is 16.3. The van der Waals surface area contributed by atoms with E-state index >= 15 is 0 Å². The van der Waals surface area contributed by atoms with E-state index in [1.165, 1.54) is 24.3 Å². The number of ether oxygens (including phenoxy) is 1. The van der Waals surface area contributed by atoms with Crippen molar-refractivity contribution in [2.75, 3.05) is 10.6 Å². The second-order valence-electron chi connectivity index (χ2n) is 6.85. The number of anilines is 2. The van der Waals surface area contributed by atoms with Gasteiger partial charge in [-0.05, 0) is 61.9 Å². The number of rotatable bonds is 7. The van der Waals surface area contributed by atoms with Crippen LogP contribution in [0.15, 0.2) is 72.8 Å². The van der Waals surface area contributed by atoms with E-state index in [1.807, 2.05) is 13.0 Å². The van der Waals surface area contributed by atoms with Gasteiger partial charge in [-0.2, -0.15) is 0 Å². The van der Waals surface area contributed by atoms with Crippen molar-refractivity contribution in [1.29, 1.82) is 0 Å². The van der Waals surface area contributed by atoms with Gasteiger partial charge in [0.15, 0.2) is 6.10 Å². The van der Waals surface area contributed by atoms with Crippen LogP contribution in [-0.2, 0) is 4.79 Å². The first kappa shape index (κ1) is 21.5. The average Bonchev–Trinajstić information content (AvgIpc) is 2.76. The molecule has 2 N–H and O–H groups in total. The Morgan fingerprint density at radius 3 is 2.26 bits per heavy atom. The summed E-state index contributed by atoms with van der Waals surface area (Å²) in [4.78, 5) is 35.0. The third-order valence-corrected chi connectivity index (χ3v) is 4.51. The Morgan fingerprint density at radius 1 is 0.968 bits per heavy atom. The molecule has 0 aromatic heterocycles. The molecule has 0 spiro atoms. The molecule has 3 aromatic rings. The molecule has 3 rings (SSSR count). The fraction of sp³-hybridized carbons (Fsp3) is 0.130. The number of nitrogens with zero attached hydrogens (tertiary/aromatic N) is 1. The Balaban J connectivity index is 1.60. The Kier molecular flexibility index (Phi) is 6.61. The zero-order chi connectivity index (χ0) is 22.4. The van der Waals surface area contributed by atoms with Crippen LogP contribution in [0, 0.1) is 17.0 Å². The van der Waals surface area contributed by atoms with Crippen molar-refractivity contribution in [3.05, 3.63) is 94.0 Å². The molecule has 1 atom stereocenters. The van der Waals surface area contributed by atoms with Crippen LogP contribution in [0.25, 0.3) is 0 Å². The Bertz CT molecular complexity index is 1100. The molecule has 8 heteroatoms. The lowest BCUT2D eigenvalue weighted by Gasteiger charge is -2.16. The van der Waals surface area contributed by atoms with E-state index in [4.69, 9.17) is 4.74 Å². The van der Waals surface area contributed by atoms with Gasteiger partial charge < -0.3 is 15.4 Å². The molecule has 0 fully saturated rings. The van der Waals surface area contributed by atoms with Crippen LogP contribution < -0.4 is 15.4 Å². The third-order valence-electron chi connectivity index (χ3n) is 4.51. The highest BCUT2D eigenvalue weighted by Crippen LogP contribution is 2.22. The van der Waals surface area contributed by atoms with E-state index in [0.717, 1.165) is 5.56 Å². The van der Waals surface area contributed by atoms with Gasteiger partial charge in [0.2, 0.25) is 0 Å². The summed E-state index contributed by atoms with van der Waals surface area (Å²) in [6.45, 7) is 3.41. The van der Waals surface area contributed by atoms with E-state index in [9.17, 15) is 19.7 Å². The van der Waals surface area contributed by atoms with Crippen LogP contribution in [0.3, 0.4) is 0 Å². The van der Waals surface area contributed by atoms with Gasteiger partial charge in [-0.1, -0.05) is 18.2 Å². The molecule has 0 heterocycles. The van der Waals surface area contributed by atoms with Crippen molar-refractivity contribution in [3.8, 4) is 5.75 Å². The molecule has 31 heavy (non-hydrogen) atoms. The minimum absolute atomic E-state index is 0.0561. The van der Waals surface area contributed by atoms with Crippen LogP contribution >= 0.6 is 0 Å². The van der Waals surface area contributed by atoms with Gasteiger partial charge in [0.1, 0.15) is 5.75 Å². The van der Waals surface area contributed by atoms with Gasteiger partial charge in [0, 0.05) is 29.1 Å². The number of amides is 2. The molecular formula is C23H21N3O5. The number of non-ortho nitro benzene ring substituents is 1. The SMILES string of the molecule is Cc1cc(NC(=O)C(C)Oc2ccc([N+](=O)[O-])cc2)ccc1NC(=O)c1ccccc1. The normalized spacial score (nSPS) is 11.3. The van der Waals surface area contributed by atoms with Gasteiger partial charge >= 0.3 is 0 Å². The third kappa shape index (κ3) is 5.66. The number of nitro benzene ring substituents is 1. The zero-order valence-electron chi connectivity index (χ0n) is 17.0. The second-order valence-corrected chi connectivity index (χ2v) is 6.85. The molecule has 0 radical (unpaired) electrons. The largest absolute Gasteiger partial charge is 0.481 e. The average molecular weight is 419 g/mol. The number of carbonyl (C=O) groups is 2. The van der Waals surface area contributed by atoms with E-state index in [0.29, 0.717) is 22.7 Å². The lowest BCUT2D eigenvalue weighted by molar-refractivity contribution is -0.384. The first-order valence-electron chi connectivity index (χ1n) is 9.52. The fourth-order valence-corrected chi connectivity index (χ4v) is 2.81. The number of nitrogens with one attached hydrogen (secondary N) is 2. The smallest absolute Gasteiger partial charge is 0.269 e. The van der Waals surface area contributed by atoms with Crippen LogP contribution in [0.1, 0.15) is 22.8 Å². The number of aryl methyl sites for hydroxylation is 1. The highest BCUT2D eigenvalue weighted by molar-refractivity contribution is 6.04. The minimum atomic E-state index is -0.820. The molecule has 2 amide bonds. The van der Waals surface area contributed by atoms with Gasteiger partial charge in [0.05, 0.1) is 4.92 Å². The summed E-state index contributed by atoms with van der Waals surface area (Å²) in [5.74, 6) is -0.243. The highest BCUT2D eigenvalue weighted by atomic mass is 16.6. The lowest BCUT2D eigenvalue weighted by Crippen LogP contribution is -2.30. The van der Waals surface area contributed by atoms with Gasteiger partial charge in [-0.15, -0.1) is 0 Å². The van der Waals surface area contributed by atoms with Crippen LogP contribution in [0.2, 0.25) is 0 Å². The molecule has 8 nitrogen and oxygen atoms in total. The van der Waals surface area contributed by atoms with Gasteiger partial charge in [-0.25, -0.2) is 0 Å². The van der Waals surface area contributed by atoms with E-state index in [-0.39, 0.29) is 17.5 Å². The van der Waals surface area contributed by atoms with Crippen LogP contribution in [0.5, 0.6) is 5.75 Å². The number of carbonyl (C=O) groups excluding carboxylic acids is 2. The molecule has 0 saturated heterocycles.